The Morgan fingerprint density at radius 2 is 1.17 bits per heavy atom. The van der Waals surface area contributed by atoms with E-state index in [1.807, 2.05) is 0 Å². The van der Waals surface area contributed by atoms with Gasteiger partial charge in [0.25, 0.3) is 0 Å². The second-order valence-electron chi connectivity index (χ2n) is 2.37. The van der Waals surface area contributed by atoms with Crippen LogP contribution in [0.25, 0.3) is 0 Å². The van der Waals surface area contributed by atoms with Gasteiger partial charge in [-0.2, -0.15) is 0 Å². The summed E-state index contributed by atoms with van der Waals surface area (Å²) in [6.45, 7) is 6.31. The second-order valence-corrected chi connectivity index (χ2v) is 7.10. The van der Waals surface area contributed by atoms with Crippen LogP contribution in [0.3, 0.4) is 0 Å². The summed E-state index contributed by atoms with van der Waals surface area (Å²) >= 11 is 0. The van der Waals surface area contributed by atoms with Gasteiger partial charge in [0, 0.05) is 0 Å². The van der Waals surface area contributed by atoms with E-state index in [-0.39, 0.29) is 18.9 Å². The second kappa shape index (κ2) is 2.96. The molecule has 0 fully saturated rings. The van der Waals surface area contributed by atoms with Gasteiger partial charge in [-0.15, -0.1) is 19.6 Å². The van der Waals surface area contributed by atoms with Crippen molar-refractivity contribution in [3.05, 3.63) is 0 Å². The van der Waals surface area contributed by atoms with Gasteiger partial charge in [-0.05, 0) is 0 Å². The molecule has 0 aromatic carbocycles. The van der Waals surface area contributed by atoms with Crippen molar-refractivity contribution < 1.29 is 18.9 Å². The van der Waals surface area contributed by atoms with Crippen LogP contribution in [0.15, 0.2) is 0 Å². The Hall–Kier alpha value is 0.879. The molecule has 0 saturated heterocycles. The van der Waals surface area contributed by atoms with Crippen LogP contribution in [0, 0.1) is 0 Å². The van der Waals surface area contributed by atoms with Gasteiger partial charge in [0.2, 0.25) is 0 Å². The predicted molar refractivity (Wildman–Crippen MR) is 29.1 cm³/mol. The number of rotatable bonds is 0. The fraction of sp³-hybridized carbons (Fsp3) is 1.00. The van der Waals surface area contributed by atoms with E-state index in [9.17, 15) is 0 Å². The molecule has 6 heavy (non-hydrogen) atoms. The molecule has 0 amide bonds. The Labute approximate surface area is 54.2 Å². The molecule has 29 valence electrons. The van der Waals surface area contributed by atoms with E-state index in [0.717, 1.165) is 0 Å². The molecule has 0 aliphatic carbocycles. The number of hydrogen-bond donors (Lipinski definition) is 0. The Balaban J connectivity index is 0. The molecule has 0 unspecified atom stereocenters. The molecule has 0 spiro atoms. The van der Waals surface area contributed by atoms with Crippen LogP contribution in [0.1, 0.15) is 0 Å². The van der Waals surface area contributed by atoms with Crippen LogP contribution in [-0.4, -0.2) is 15.4 Å². The van der Waals surface area contributed by atoms with E-state index >= 15 is 0 Å². The molecule has 0 aromatic heterocycles. The van der Waals surface area contributed by atoms with E-state index in [4.69, 9.17) is 7.44 Å². The van der Waals surface area contributed by atoms with Crippen LogP contribution < -0.4 is 18.9 Å². The van der Waals surface area contributed by atoms with Crippen molar-refractivity contribution in [1.82, 2.24) is 0 Å². The van der Waals surface area contributed by atoms with Crippen molar-refractivity contribution in [1.29, 1.82) is 0 Å². The summed E-state index contributed by atoms with van der Waals surface area (Å²) in [5.74, 6) is 0. The summed E-state index contributed by atoms with van der Waals surface area (Å²) in [5.41, 5.74) is 0. The maximum atomic E-state index is 5.49. The van der Waals surface area contributed by atoms with E-state index in [0.29, 0.717) is 0 Å². The van der Waals surface area contributed by atoms with E-state index in [1.165, 1.54) is 0 Å². The third-order valence-electron chi connectivity index (χ3n) is 0. The van der Waals surface area contributed by atoms with Crippen molar-refractivity contribution in [2.45, 2.75) is 19.6 Å². The van der Waals surface area contributed by atoms with Gasteiger partial charge in [-0.3, -0.25) is 0 Å². The molecule has 0 atom stereocenters. The van der Waals surface area contributed by atoms with Crippen molar-refractivity contribution in [3.63, 3.8) is 0 Å². The first-order valence-corrected chi connectivity index (χ1v) is 5.37. The summed E-state index contributed by atoms with van der Waals surface area (Å²) in [4.78, 5) is 0. The van der Waals surface area contributed by atoms with Crippen LogP contribution >= 0.6 is 0 Å². The SMILES string of the molecule is [B-][Si](C)(C)C.[Li+]. The molecule has 0 nitrogen and oxygen atoms in total. The summed E-state index contributed by atoms with van der Waals surface area (Å²) < 4.78 is 0. The van der Waals surface area contributed by atoms with Gasteiger partial charge in [-0.25, -0.2) is 7.94 Å². The average molecular weight is 90.9 g/mol. The first kappa shape index (κ1) is 9.99. The van der Waals surface area contributed by atoms with Crippen LogP contribution in [0.4, 0.5) is 0 Å². The molecule has 0 bridgehead atoms. The van der Waals surface area contributed by atoms with E-state index < -0.39 is 7.94 Å². The normalized spacial score (nSPS) is 10.0. The molecule has 0 aliphatic rings. The first-order chi connectivity index (χ1) is 2.00. The summed E-state index contributed by atoms with van der Waals surface area (Å²) in [6, 6.07) is 0. The van der Waals surface area contributed by atoms with Crippen molar-refractivity contribution in [2.24, 2.45) is 0 Å². The minimum Gasteiger partial charge on any atom is -0.625 e. The summed E-state index contributed by atoms with van der Waals surface area (Å²) in [5, 5.41) is 0. The smallest absolute Gasteiger partial charge is 0.625 e. The van der Waals surface area contributed by atoms with Gasteiger partial charge in [0.05, 0.1) is 0 Å². The summed E-state index contributed by atoms with van der Waals surface area (Å²) in [7, 11) is 4.38. The molecule has 0 N–H and O–H groups in total. The minimum absolute atomic E-state index is 0. The van der Waals surface area contributed by atoms with Gasteiger partial charge >= 0.3 is 18.9 Å². The van der Waals surface area contributed by atoms with Gasteiger partial charge in [0.15, 0.2) is 0 Å². The molecular weight excluding hydrogens is 81.9 g/mol. The zero-order valence-corrected chi connectivity index (χ0v) is 6.08. The fourth-order valence-corrected chi connectivity index (χ4v) is 0. The van der Waals surface area contributed by atoms with E-state index in [2.05, 4.69) is 19.6 Å². The van der Waals surface area contributed by atoms with Gasteiger partial charge in [-0.1, -0.05) is 0 Å². The molecule has 0 heterocycles. The molecule has 3 heteroatoms. The topological polar surface area (TPSA) is 0 Å². The quantitative estimate of drug-likeness (QED) is 0.302. The third kappa shape index (κ3) is 95.0. The largest absolute Gasteiger partial charge is 1.00 e. The number of hydrogen-bond acceptors (Lipinski definition) is 0. The Bertz CT molecular complexity index is 26.3. The minimum atomic E-state index is -1.11. The Morgan fingerprint density at radius 1 is 1.17 bits per heavy atom. The molecule has 0 aliphatic heterocycles. The standard InChI is InChI=1S/C3H9BSi.Li/c1-5(2,3)4;/h1-3H3;/q-1;+1. The average Bonchev–Trinajstić information content (AvgIpc) is 0.722. The van der Waals surface area contributed by atoms with Gasteiger partial charge in [0.1, 0.15) is 0 Å². The maximum absolute atomic E-state index is 5.49. The van der Waals surface area contributed by atoms with Crippen LogP contribution in [0.2, 0.25) is 19.6 Å². The summed E-state index contributed by atoms with van der Waals surface area (Å²) in [6.07, 6.45) is 0. The first-order valence-electron chi connectivity index (χ1n) is 1.79. The monoisotopic (exact) mass is 91.1 g/mol. The van der Waals surface area contributed by atoms with Crippen LogP contribution in [0.5, 0.6) is 0 Å². The molecule has 0 saturated carbocycles. The Morgan fingerprint density at radius 3 is 1.17 bits per heavy atom. The van der Waals surface area contributed by atoms with Crippen molar-refractivity contribution >= 4 is 15.4 Å². The molecule has 0 rings (SSSR count). The van der Waals surface area contributed by atoms with Crippen molar-refractivity contribution in [3.8, 4) is 0 Å². The zero-order chi connectivity index (χ0) is 4.50. The van der Waals surface area contributed by atoms with Gasteiger partial charge < -0.3 is 7.44 Å². The molecule has 0 aromatic rings. The zero-order valence-electron chi connectivity index (χ0n) is 5.08. The maximum Gasteiger partial charge on any atom is 1.00 e. The third-order valence-corrected chi connectivity index (χ3v) is 0. The van der Waals surface area contributed by atoms with Crippen LogP contribution in [-0.2, 0) is 0 Å². The Kier molecular flexibility index (Phi) is 4.92. The predicted octanol–water partition coefficient (Wildman–Crippen LogP) is -2.01. The fourth-order valence-electron chi connectivity index (χ4n) is 0. The van der Waals surface area contributed by atoms with E-state index in [1.54, 1.807) is 0 Å². The molecule has 3 radical (unpaired) electrons. The molecular formula is C3H9BLiSi. The van der Waals surface area contributed by atoms with Crippen molar-refractivity contribution in [2.75, 3.05) is 0 Å².